The van der Waals surface area contributed by atoms with E-state index in [4.69, 9.17) is 4.74 Å². The summed E-state index contributed by atoms with van der Waals surface area (Å²) in [6, 6.07) is 3.43. The standard InChI is InChI=1S/C19H25N3O3/c23-18(15-6-4-2-1-3-5-7-15)21-17-9-8-16(14-20-17)19(24)22-10-12-25-13-11-22/h1-2,8-9,14-15H,3-7,10-13H2,(H,20,21,23)/b2-1-. The highest BCUT2D eigenvalue weighted by atomic mass is 16.5. The fourth-order valence-electron chi connectivity index (χ4n) is 3.19. The summed E-state index contributed by atoms with van der Waals surface area (Å²) < 4.78 is 5.26. The lowest BCUT2D eigenvalue weighted by molar-refractivity contribution is -0.120. The van der Waals surface area contributed by atoms with E-state index in [2.05, 4.69) is 22.5 Å². The Morgan fingerprint density at radius 3 is 2.68 bits per heavy atom. The maximum Gasteiger partial charge on any atom is 0.255 e. The van der Waals surface area contributed by atoms with E-state index in [1.807, 2.05) is 0 Å². The molecule has 1 aliphatic carbocycles. The van der Waals surface area contributed by atoms with E-state index in [9.17, 15) is 9.59 Å². The second-order valence-electron chi connectivity index (χ2n) is 6.50. The van der Waals surface area contributed by atoms with Crippen LogP contribution in [0.25, 0.3) is 0 Å². The van der Waals surface area contributed by atoms with Crippen LogP contribution >= 0.6 is 0 Å². The lowest BCUT2D eigenvalue weighted by Crippen LogP contribution is -2.40. The normalized spacial score (nSPS) is 22.6. The van der Waals surface area contributed by atoms with E-state index in [0.717, 1.165) is 32.1 Å². The highest BCUT2D eigenvalue weighted by molar-refractivity contribution is 5.95. The van der Waals surface area contributed by atoms with E-state index in [1.54, 1.807) is 17.0 Å². The Bertz CT molecular complexity index is 621. The number of hydrogen-bond donors (Lipinski definition) is 1. The van der Waals surface area contributed by atoms with Gasteiger partial charge in [0.2, 0.25) is 5.91 Å². The molecule has 1 aromatic rings. The van der Waals surface area contributed by atoms with Crippen LogP contribution in [-0.2, 0) is 9.53 Å². The van der Waals surface area contributed by atoms with E-state index in [0.29, 0.717) is 37.7 Å². The van der Waals surface area contributed by atoms with Crippen molar-refractivity contribution in [1.82, 2.24) is 9.88 Å². The number of allylic oxidation sites excluding steroid dienone is 2. The number of pyridine rings is 1. The second kappa shape index (κ2) is 8.76. The molecule has 1 aromatic heterocycles. The fourth-order valence-corrected chi connectivity index (χ4v) is 3.19. The summed E-state index contributed by atoms with van der Waals surface area (Å²) in [4.78, 5) is 30.8. The third-order valence-corrected chi connectivity index (χ3v) is 4.70. The van der Waals surface area contributed by atoms with Gasteiger partial charge in [-0.2, -0.15) is 0 Å². The van der Waals surface area contributed by atoms with E-state index < -0.39 is 0 Å². The summed E-state index contributed by atoms with van der Waals surface area (Å²) in [7, 11) is 0. The molecule has 1 atom stereocenters. The number of aromatic nitrogens is 1. The lowest BCUT2D eigenvalue weighted by Gasteiger charge is -2.26. The smallest absolute Gasteiger partial charge is 0.255 e. The van der Waals surface area contributed by atoms with Crippen LogP contribution < -0.4 is 5.32 Å². The zero-order chi connectivity index (χ0) is 17.5. The first-order valence-electron chi connectivity index (χ1n) is 9.03. The Balaban J connectivity index is 1.57. The van der Waals surface area contributed by atoms with Gasteiger partial charge in [-0.25, -0.2) is 4.98 Å². The molecule has 3 rings (SSSR count). The van der Waals surface area contributed by atoms with Crippen LogP contribution in [0.2, 0.25) is 0 Å². The van der Waals surface area contributed by atoms with Gasteiger partial charge in [0.1, 0.15) is 5.82 Å². The van der Waals surface area contributed by atoms with Gasteiger partial charge in [-0.05, 0) is 44.2 Å². The number of carbonyl (C=O) groups is 2. The number of carbonyl (C=O) groups excluding carboxylic acids is 2. The van der Waals surface area contributed by atoms with Gasteiger partial charge in [-0.15, -0.1) is 0 Å². The molecular formula is C19H25N3O3. The summed E-state index contributed by atoms with van der Waals surface area (Å²) in [5.74, 6) is 0.512. The Labute approximate surface area is 148 Å². The molecule has 25 heavy (non-hydrogen) atoms. The van der Waals surface area contributed by atoms with Gasteiger partial charge in [0.15, 0.2) is 0 Å². The molecule has 134 valence electrons. The number of nitrogens with zero attached hydrogens (tertiary/aromatic N) is 2. The quantitative estimate of drug-likeness (QED) is 0.857. The van der Waals surface area contributed by atoms with Gasteiger partial charge >= 0.3 is 0 Å². The Morgan fingerprint density at radius 1 is 1.12 bits per heavy atom. The lowest BCUT2D eigenvalue weighted by atomic mass is 9.93. The average Bonchev–Trinajstić information content (AvgIpc) is 2.62. The molecule has 1 saturated heterocycles. The van der Waals surface area contributed by atoms with Crippen molar-refractivity contribution in [3.05, 3.63) is 36.0 Å². The Morgan fingerprint density at radius 2 is 1.92 bits per heavy atom. The Kier molecular flexibility index (Phi) is 6.17. The highest BCUT2D eigenvalue weighted by Gasteiger charge is 2.20. The van der Waals surface area contributed by atoms with Crippen LogP contribution in [0.3, 0.4) is 0 Å². The van der Waals surface area contributed by atoms with Crippen LogP contribution in [0.4, 0.5) is 5.82 Å². The summed E-state index contributed by atoms with van der Waals surface area (Å²) in [6.07, 6.45) is 10.7. The van der Waals surface area contributed by atoms with Crippen LogP contribution in [0, 0.1) is 5.92 Å². The maximum absolute atomic E-state index is 12.4. The van der Waals surface area contributed by atoms with Gasteiger partial charge < -0.3 is 15.0 Å². The molecule has 2 aliphatic rings. The number of nitrogens with one attached hydrogen (secondary N) is 1. The first-order chi connectivity index (χ1) is 12.2. The molecular weight excluding hydrogens is 318 g/mol. The zero-order valence-electron chi connectivity index (χ0n) is 14.4. The number of hydrogen-bond acceptors (Lipinski definition) is 4. The molecule has 1 unspecified atom stereocenters. The molecule has 1 fully saturated rings. The summed E-state index contributed by atoms with van der Waals surface area (Å²) >= 11 is 0. The summed E-state index contributed by atoms with van der Waals surface area (Å²) in [5.41, 5.74) is 0.538. The van der Waals surface area contributed by atoms with Crippen molar-refractivity contribution in [2.75, 3.05) is 31.6 Å². The predicted octanol–water partition coefficient (Wildman–Crippen LogP) is 2.63. The molecule has 0 aromatic carbocycles. The number of anilines is 1. The van der Waals surface area contributed by atoms with Crippen LogP contribution in [0.15, 0.2) is 30.5 Å². The summed E-state index contributed by atoms with van der Waals surface area (Å²) in [5, 5.41) is 2.89. The predicted molar refractivity (Wildman–Crippen MR) is 95.3 cm³/mol. The minimum Gasteiger partial charge on any atom is -0.378 e. The highest BCUT2D eigenvalue weighted by Crippen LogP contribution is 2.20. The molecule has 2 amide bonds. The van der Waals surface area contributed by atoms with E-state index in [-0.39, 0.29) is 17.7 Å². The van der Waals surface area contributed by atoms with Crippen molar-refractivity contribution in [2.24, 2.45) is 5.92 Å². The van der Waals surface area contributed by atoms with Crippen molar-refractivity contribution in [2.45, 2.75) is 32.1 Å². The zero-order valence-corrected chi connectivity index (χ0v) is 14.4. The van der Waals surface area contributed by atoms with E-state index in [1.165, 1.54) is 6.20 Å². The largest absolute Gasteiger partial charge is 0.378 e. The topological polar surface area (TPSA) is 71.5 Å². The third-order valence-electron chi connectivity index (χ3n) is 4.70. The monoisotopic (exact) mass is 343 g/mol. The van der Waals surface area contributed by atoms with Gasteiger partial charge in [0, 0.05) is 25.2 Å². The van der Waals surface area contributed by atoms with Gasteiger partial charge in [0.05, 0.1) is 18.8 Å². The second-order valence-corrected chi connectivity index (χ2v) is 6.50. The molecule has 0 saturated carbocycles. The first kappa shape index (κ1) is 17.6. The number of rotatable bonds is 3. The molecule has 1 aliphatic heterocycles. The molecule has 0 radical (unpaired) electrons. The van der Waals surface area contributed by atoms with Crippen LogP contribution in [0.1, 0.15) is 42.5 Å². The number of amides is 2. The van der Waals surface area contributed by atoms with Gasteiger partial charge in [-0.1, -0.05) is 12.2 Å². The minimum atomic E-state index is -0.0412. The van der Waals surface area contributed by atoms with Crippen LogP contribution in [-0.4, -0.2) is 48.0 Å². The number of ether oxygens (including phenoxy) is 1. The van der Waals surface area contributed by atoms with Crippen LogP contribution in [0.5, 0.6) is 0 Å². The molecule has 6 heteroatoms. The van der Waals surface area contributed by atoms with Crippen molar-refractivity contribution >= 4 is 17.6 Å². The summed E-state index contributed by atoms with van der Waals surface area (Å²) in [6.45, 7) is 2.36. The molecule has 1 N–H and O–H groups in total. The van der Waals surface area contributed by atoms with Crippen molar-refractivity contribution < 1.29 is 14.3 Å². The number of morpholine rings is 1. The van der Waals surface area contributed by atoms with Gasteiger partial charge in [-0.3, -0.25) is 9.59 Å². The third kappa shape index (κ3) is 4.89. The van der Waals surface area contributed by atoms with E-state index >= 15 is 0 Å². The van der Waals surface area contributed by atoms with Crippen molar-refractivity contribution in [3.8, 4) is 0 Å². The first-order valence-corrected chi connectivity index (χ1v) is 9.03. The molecule has 0 bridgehead atoms. The van der Waals surface area contributed by atoms with Crippen molar-refractivity contribution in [3.63, 3.8) is 0 Å². The molecule has 2 heterocycles. The van der Waals surface area contributed by atoms with Gasteiger partial charge in [0.25, 0.3) is 5.91 Å². The van der Waals surface area contributed by atoms with Crippen molar-refractivity contribution in [1.29, 1.82) is 0 Å². The fraction of sp³-hybridized carbons (Fsp3) is 0.526. The SMILES string of the molecule is O=C(Nc1ccc(C(=O)N2CCOCC2)cn1)C1CC/C=C\CCC1. The minimum absolute atomic E-state index is 0.0232. The molecule has 6 nitrogen and oxygen atoms in total. The Hall–Kier alpha value is -2.21. The molecule has 0 spiro atoms. The average molecular weight is 343 g/mol. The maximum atomic E-state index is 12.4.